The third-order valence-electron chi connectivity index (χ3n) is 23.8. The summed E-state index contributed by atoms with van der Waals surface area (Å²) in [7, 11) is -4.53. The molecule has 0 aromatic carbocycles. The van der Waals surface area contributed by atoms with Gasteiger partial charge in [-0.2, -0.15) is 0 Å². The molecule has 0 heterocycles. The Morgan fingerprint density at radius 2 is 0.449 bits per heavy atom. The summed E-state index contributed by atoms with van der Waals surface area (Å²) < 4.78 is 50.7. The Labute approximate surface area is 738 Å². The maximum absolute atomic E-state index is 12.8. The first-order chi connectivity index (χ1) is 57.6. The van der Waals surface area contributed by atoms with Gasteiger partial charge in [-0.1, -0.05) is 364 Å². The van der Waals surface area contributed by atoms with E-state index >= 15 is 0 Å². The molecule has 0 rings (SSSR count). The molecule has 118 heavy (non-hydrogen) atoms. The maximum atomic E-state index is 12.8. The van der Waals surface area contributed by atoms with Gasteiger partial charge in [-0.3, -0.25) is 9.59 Å². The average Bonchev–Trinajstić information content (AvgIpc) is 0.906. The number of unbranched alkanes of at least 4 members (excludes halogenated alkanes) is 52. The topological polar surface area (TPSA) is 155 Å². The van der Waals surface area contributed by atoms with Crippen LogP contribution in [0.15, 0.2) is 0 Å². The number of carbonyl (C=O) groups is 2. The summed E-state index contributed by atoms with van der Waals surface area (Å²) in [6.45, 7) is 36.0. The van der Waals surface area contributed by atoms with E-state index < -0.39 is 17.1 Å². The molecule has 16 heteroatoms. The van der Waals surface area contributed by atoms with Gasteiger partial charge < -0.3 is 56.7 Å². The number of carbonyl (C=O) groups excluding carboxylic acids is 2. The van der Waals surface area contributed by atoms with Crippen molar-refractivity contribution >= 4 is 29.1 Å². The molecule has 0 saturated carbocycles. The molecule has 0 aliphatic heterocycles. The molecule has 0 aromatic heterocycles. The number of rotatable bonds is 98. The largest absolute Gasteiger partial charge is 0.462 e. The van der Waals surface area contributed by atoms with E-state index in [1.807, 2.05) is 0 Å². The van der Waals surface area contributed by atoms with Gasteiger partial charge >= 0.3 is 29.1 Å². The van der Waals surface area contributed by atoms with E-state index in [9.17, 15) is 19.8 Å². The molecule has 0 radical (unpaired) electrons. The second-order valence-electron chi connectivity index (χ2n) is 36.7. The lowest BCUT2D eigenvalue weighted by Crippen LogP contribution is -2.40. The fourth-order valence-corrected chi connectivity index (χ4v) is 19.2. The molecule has 2 unspecified atom stereocenters. The molecule has 0 aliphatic rings. The number of hydrogen-bond donors (Lipinski definition) is 2. The first-order valence-corrected chi connectivity index (χ1v) is 58.2. The van der Waals surface area contributed by atoms with E-state index in [-0.39, 0.29) is 49.9 Å². The van der Waals surface area contributed by atoms with E-state index in [4.69, 9.17) is 36.7 Å². The summed E-state index contributed by atoms with van der Waals surface area (Å²) in [6, 6.07) is 0. The minimum Gasteiger partial charge on any atom is -0.462 e. The highest BCUT2D eigenvalue weighted by Gasteiger charge is 2.31. The number of ether oxygens (including phenoxy) is 4. The van der Waals surface area contributed by atoms with Crippen LogP contribution < -0.4 is 0 Å². The zero-order valence-electron chi connectivity index (χ0n) is 81.6. The summed E-state index contributed by atoms with van der Waals surface area (Å²) in [5.74, 6) is 0.0388. The second kappa shape index (κ2) is 95.1. The van der Waals surface area contributed by atoms with Crippen LogP contribution in [0.25, 0.3) is 0 Å². The van der Waals surface area contributed by atoms with Crippen molar-refractivity contribution in [1.29, 1.82) is 0 Å². The fourth-order valence-electron chi connectivity index (χ4n) is 16.1. The van der Waals surface area contributed by atoms with Crippen LogP contribution in [0.1, 0.15) is 518 Å². The van der Waals surface area contributed by atoms with Gasteiger partial charge in [0, 0.05) is 52.4 Å². The van der Waals surface area contributed by atoms with Crippen molar-refractivity contribution in [2.45, 2.75) is 569 Å². The highest BCUT2D eigenvalue weighted by Crippen LogP contribution is 2.25. The first kappa shape index (κ1) is 119. The lowest BCUT2D eigenvalue weighted by molar-refractivity contribution is -0.151. The smallest absolute Gasteiger partial charge is 0.333 e. The van der Waals surface area contributed by atoms with Crippen molar-refractivity contribution in [2.75, 3.05) is 78.9 Å². The summed E-state index contributed by atoms with van der Waals surface area (Å²) in [6.07, 6.45) is 85.8. The maximum Gasteiger partial charge on any atom is 0.333 e. The van der Waals surface area contributed by atoms with Crippen LogP contribution in [-0.2, 0) is 46.2 Å². The van der Waals surface area contributed by atoms with E-state index in [2.05, 4.69) is 91.4 Å². The molecule has 0 saturated heterocycles. The molecular weight excluding hydrogens is 1500 g/mol. The van der Waals surface area contributed by atoms with Crippen LogP contribution in [0.5, 0.6) is 0 Å². The van der Waals surface area contributed by atoms with Crippen molar-refractivity contribution in [3.8, 4) is 0 Å². The van der Waals surface area contributed by atoms with Gasteiger partial charge in [-0.25, -0.2) is 0 Å². The van der Waals surface area contributed by atoms with Crippen LogP contribution in [0, 0.1) is 0 Å². The minimum absolute atomic E-state index is 0.0194. The third-order valence-corrected chi connectivity index (χ3v) is 27.3. The van der Waals surface area contributed by atoms with E-state index in [1.165, 1.54) is 295 Å². The number of nitrogens with zero attached hydrogens (tertiary/aromatic N) is 2. The van der Waals surface area contributed by atoms with Crippen LogP contribution in [-0.4, -0.2) is 153 Å². The molecule has 2 atom stereocenters. The van der Waals surface area contributed by atoms with Gasteiger partial charge in [0.15, 0.2) is 0 Å². The molecule has 0 spiro atoms. The lowest BCUT2D eigenvalue weighted by Gasteiger charge is -2.29. The number of aliphatic hydroxyl groups is 2. The second-order valence-corrected chi connectivity index (χ2v) is 43.4. The van der Waals surface area contributed by atoms with Gasteiger partial charge in [0.2, 0.25) is 0 Å². The summed E-state index contributed by atoms with van der Waals surface area (Å²) >= 11 is 0. The fraction of sp³-hybridized carbons (Fsp3) is 0.980. The molecule has 14 nitrogen and oxygen atoms in total. The molecule has 0 bridgehead atoms. The van der Waals surface area contributed by atoms with Crippen molar-refractivity contribution in [2.24, 2.45) is 0 Å². The minimum atomic E-state index is -2.27. The molecule has 0 aromatic rings. The predicted octanol–water partition coefficient (Wildman–Crippen LogP) is 30.8. The first-order valence-electron chi connectivity index (χ1n) is 52.5. The summed E-state index contributed by atoms with van der Waals surface area (Å²) in [5.41, 5.74) is 0. The standard InChI is InChI=1S/2C51H105NO6Si/c2*1-7-11-15-19-24-31-39-49(40-32-25-20-16-12-8-2)57-50(54)41-33-26-23-27-35-43-52(45-46-53)44-36-30-34-42-51(55-47-37-28-21-17-13-9-3)58-59(5,6)56-48-38-29-22-18-14-10-4/h2*49,51,53H,7-48H2,1-6H3. The Bertz CT molecular complexity index is 1800. The summed E-state index contributed by atoms with van der Waals surface area (Å²) in [4.78, 5) is 30.5. The number of hydrogen-bond acceptors (Lipinski definition) is 14. The molecule has 0 amide bonds. The van der Waals surface area contributed by atoms with Gasteiger partial charge in [-0.15, -0.1) is 0 Å². The van der Waals surface area contributed by atoms with Crippen LogP contribution >= 0.6 is 0 Å². The monoisotopic (exact) mass is 1710 g/mol. The van der Waals surface area contributed by atoms with Gasteiger partial charge in [0.25, 0.3) is 0 Å². The van der Waals surface area contributed by atoms with Gasteiger partial charge in [-0.05, 0) is 194 Å². The normalized spacial score (nSPS) is 12.6. The molecule has 2 N–H and O–H groups in total. The van der Waals surface area contributed by atoms with Crippen LogP contribution in [0.3, 0.4) is 0 Å². The number of esters is 2. The quantitative estimate of drug-likeness (QED) is 0.0257. The Kier molecular flexibility index (Phi) is 95.9. The van der Waals surface area contributed by atoms with Crippen molar-refractivity contribution < 1.29 is 56.5 Å². The van der Waals surface area contributed by atoms with Crippen LogP contribution in [0.4, 0.5) is 0 Å². The van der Waals surface area contributed by atoms with Crippen molar-refractivity contribution in [3.05, 3.63) is 0 Å². The molecule has 0 fully saturated rings. The van der Waals surface area contributed by atoms with Crippen LogP contribution in [0.2, 0.25) is 26.2 Å². The van der Waals surface area contributed by atoms with Crippen molar-refractivity contribution in [1.82, 2.24) is 9.80 Å². The Balaban J connectivity index is 0. The highest BCUT2D eigenvalue weighted by atomic mass is 28.4. The molecular formula is C102H210N2O12Si2. The zero-order valence-corrected chi connectivity index (χ0v) is 83.6. The highest BCUT2D eigenvalue weighted by molar-refractivity contribution is 6.64. The summed E-state index contributed by atoms with van der Waals surface area (Å²) in [5, 5.41) is 19.5. The van der Waals surface area contributed by atoms with E-state index in [0.717, 1.165) is 220 Å². The zero-order chi connectivity index (χ0) is 86.7. The van der Waals surface area contributed by atoms with Gasteiger partial charge in [0.1, 0.15) is 24.8 Å². The lowest BCUT2D eigenvalue weighted by atomic mass is 10.0. The SMILES string of the molecule is CCCCCCCCOC(CCCCCN(CCO)CCCCCCCC(=O)OC(CCCCCCCC)CCCCCCCC)O[Si](C)(C)OCCCCCCCC.CCCCCCCCOC(CCCCCN(CCO)CCCCCCCC(=O)OC(CCCCCCCC)CCCCCCCC)O[Si](C)(C)OCCCCCCCC. The third kappa shape index (κ3) is 89.8. The van der Waals surface area contributed by atoms with Crippen molar-refractivity contribution in [3.63, 3.8) is 0 Å². The Hall–Kier alpha value is -1.03. The van der Waals surface area contributed by atoms with Gasteiger partial charge in [0.05, 0.1) is 13.2 Å². The van der Waals surface area contributed by atoms with E-state index in [1.54, 1.807) is 0 Å². The Morgan fingerprint density at radius 3 is 0.703 bits per heavy atom. The Morgan fingerprint density at radius 1 is 0.246 bits per heavy atom. The average molecular weight is 1710 g/mol. The molecule has 0 aliphatic carbocycles. The van der Waals surface area contributed by atoms with E-state index in [0.29, 0.717) is 12.8 Å². The molecule has 708 valence electrons. The predicted molar refractivity (Wildman–Crippen MR) is 513 cm³/mol. The number of aliphatic hydroxyl groups excluding tert-OH is 2.